The summed E-state index contributed by atoms with van der Waals surface area (Å²) in [7, 11) is 1.27. The number of H-pyrrole nitrogens is 1. The summed E-state index contributed by atoms with van der Waals surface area (Å²) in [6.07, 6.45) is 1.85. The third-order valence-electron chi connectivity index (χ3n) is 3.52. The van der Waals surface area contributed by atoms with Crippen LogP contribution in [0.3, 0.4) is 0 Å². The van der Waals surface area contributed by atoms with Crippen LogP contribution in [-0.2, 0) is 27.8 Å². The monoisotopic (exact) mass is 238 g/mol. The highest BCUT2D eigenvalue weighted by atomic mass is 16.5. The lowest BCUT2D eigenvalue weighted by Crippen LogP contribution is -2.41. The number of aryl methyl sites for hydroxylation is 1. The zero-order valence-corrected chi connectivity index (χ0v) is 10.4. The Labute approximate surface area is 100 Å². The predicted molar refractivity (Wildman–Crippen MR) is 61.7 cm³/mol. The molecule has 1 aromatic rings. The smallest absolute Gasteiger partial charge is 0.335 e. The number of fused-ring (bicyclic) bond motifs is 1. The fourth-order valence-corrected chi connectivity index (χ4v) is 2.39. The maximum absolute atomic E-state index is 11.4. The van der Waals surface area contributed by atoms with Gasteiger partial charge < -0.3 is 9.84 Å². The zero-order valence-electron chi connectivity index (χ0n) is 10.4. The fraction of sp³-hybridized carbons (Fsp3) is 0.667. The van der Waals surface area contributed by atoms with Gasteiger partial charge in [0.05, 0.1) is 12.8 Å². The van der Waals surface area contributed by atoms with Gasteiger partial charge in [0, 0.05) is 11.1 Å². The summed E-state index contributed by atoms with van der Waals surface area (Å²) in [5.74, 6) is -0.621. The van der Waals surface area contributed by atoms with Crippen molar-refractivity contribution >= 4 is 5.97 Å². The minimum atomic E-state index is -1.19. The Hall–Kier alpha value is -1.36. The van der Waals surface area contributed by atoms with E-state index in [0.29, 0.717) is 0 Å². The molecule has 0 fully saturated rings. The van der Waals surface area contributed by atoms with E-state index in [0.717, 1.165) is 36.2 Å². The van der Waals surface area contributed by atoms with Crippen molar-refractivity contribution in [3.63, 3.8) is 0 Å². The minimum Gasteiger partial charge on any atom is -0.467 e. The number of aliphatic hydroxyl groups is 1. The molecule has 0 radical (unpaired) electrons. The van der Waals surface area contributed by atoms with Gasteiger partial charge >= 0.3 is 5.97 Å². The molecule has 0 aromatic carbocycles. The average Bonchev–Trinajstić information content (AvgIpc) is 2.87. The Morgan fingerprint density at radius 3 is 2.88 bits per heavy atom. The molecule has 0 saturated carbocycles. The first-order valence-corrected chi connectivity index (χ1v) is 5.81. The Morgan fingerprint density at radius 1 is 1.53 bits per heavy atom. The standard InChI is InChI=1S/C12H18N2O3/c1-12(2,10(15)11(16)17-3)9-7-5-4-6-8(7)13-14-9/h10,15H,4-6H2,1-3H3,(H,13,14). The molecular formula is C12H18N2O3. The second-order valence-electron chi connectivity index (χ2n) is 5.03. The number of aromatic nitrogens is 2. The number of rotatable bonds is 3. The summed E-state index contributed by atoms with van der Waals surface area (Å²) in [4.78, 5) is 11.4. The number of aromatic amines is 1. The minimum absolute atomic E-state index is 0.621. The number of nitrogens with one attached hydrogen (secondary N) is 1. The highest BCUT2D eigenvalue weighted by molar-refractivity contribution is 5.76. The number of ether oxygens (including phenoxy) is 1. The number of hydrogen-bond donors (Lipinski definition) is 2. The van der Waals surface area contributed by atoms with Gasteiger partial charge in [0.15, 0.2) is 6.10 Å². The van der Waals surface area contributed by atoms with E-state index in [1.807, 2.05) is 13.8 Å². The molecule has 1 unspecified atom stereocenters. The molecule has 0 saturated heterocycles. The van der Waals surface area contributed by atoms with Crippen molar-refractivity contribution in [3.8, 4) is 0 Å². The van der Waals surface area contributed by atoms with Gasteiger partial charge in [-0.3, -0.25) is 5.10 Å². The summed E-state index contributed by atoms with van der Waals surface area (Å²) in [5, 5.41) is 17.3. The number of hydrogen-bond acceptors (Lipinski definition) is 4. The normalized spacial score (nSPS) is 16.7. The molecule has 5 heteroatoms. The lowest BCUT2D eigenvalue weighted by Gasteiger charge is -2.27. The second kappa shape index (κ2) is 4.14. The average molecular weight is 238 g/mol. The lowest BCUT2D eigenvalue weighted by atomic mass is 9.81. The highest BCUT2D eigenvalue weighted by Gasteiger charge is 2.40. The number of nitrogens with zero attached hydrogens (tertiary/aromatic N) is 1. The van der Waals surface area contributed by atoms with Gasteiger partial charge in [-0.25, -0.2) is 4.79 Å². The van der Waals surface area contributed by atoms with E-state index in [-0.39, 0.29) is 0 Å². The molecule has 1 aliphatic rings. The van der Waals surface area contributed by atoms with Crippen molar-refractivity contribution in [2.75, 3.05) is 7.11 Å². The van der Waals surface area contributed by atoms with E-state index in [4.69, 9.17) is 0 Å². The van der Waals surface area contributed by atoms with Crippen LogP contribution in [0.4, 0.5) is 0 Å². The van der Waals surface area contributed by atoms with Crippen molar-refractivity contribution in [1.82, 2.24) is 10.2 Å². The molecule has 1 heterocycles. The highest BCUT2D eigenvalue weighted by Crippen LogP contribution is 2.34. The Morgan fingerprint density at radius 2 is 2.24 bits per heavy atom. The first kappa shape index (κ1) is 12.1. The van der Waals surface area contributed by atoms with Crippen LogP contribution in [0.1, 0.15) is 37.2 Å². The molecule has 0 spiro atoms. The first-order chi connectivity index (χ1) is 7.98. The van der Waals surface area contributed by atoms with Gasteiger partial charge in [-0.2, -0.15) is 5.10 Å². The van der Waals surface area contributed by atoms with Gasteiger partial charge in [0.1, 0.15) is 0 Å². The molecular weight excluding hydrogens is 220 g/mol. The summed E-state index contributed by atoms with van der Waals surface area (Å²) in [5.41, 5.74) is 2.33. The van der Waals surface area contributed by atoms with E-state index in [1.54, 1.807) is 0 Å². The summed E-state index contributed by atoms with van der Waals surface area (Å²) < 4.78 is 4.59. The summed E-state index contributed by atoms with van der Waals surface area (Å²) in [6.45, 7) is 3.62. The fourth-order valence-electron chi connectivity index (χ4n) is 2.39. The molecule has 0 amide bonds. The largest absolute Gasteiger partial charge is 0.467 e. The van der Waals surface area contributed by atoms with Crippen LogP contribution in [0.2, 0.25) is 0 Å². The van der Waals surface area contributed by atoms with E-state index >= 15 is 0 Å². The zero-order chi connectivity index (χ0) is 12.6. The van der Waals surface area contributed by atoms with E-state index in [9.17, 15) is 9.90 Å². The van der Waals surface area contributed by atoms with Crippen molar-refractivity contribution in [2.45, 2.75) is 44.6 Å². The van der Waals surface area contributed by atoms with Gasteiger partial charge in [-0.05, 0) is 24.8 Å². The maximum Gasteiger partial charge on any atom is 0.335 e. The number of carbonyl (C=O) groups is 1. The maximum atomic E-state index is 11.4. The van der Waals surface area contributed by atoms with Crippen LogP contribution in [0.15, 0.2) is 0 Å². The number of carbonyl (C=O) groups excluding carboxylic acids is 1. The number of methoxy groups -OCH3 is 1. The first-order valence-electron chi connectivity index (χ1n) is 5.81. The van der Waals surface area contributed by atoms with Gasteiger partial charge in [-0.1, -0.05) is 13.8 Å². The van der Waals surface area contributed by atoms with Gasteiger partial charge in [0.2, 0.25) is 0 Å². The molecule has 1 aromatic heterocycles. The second-order valence-corrected chi connectivity index (χ2v) is 5.03. The molecule has 5 nitrogen and oxygen atoms in total. The molecule has 1 atom stereocenters. The Balaban J connectivity index is 2.34. The van der Waals surface area contributed by atoms with Crippen molar-refractivity contribution in [3.05, 3.63) is 17.0 Å². The summed E-state index contributed by atoms with van der Waals surface area (Å²) >= 11 is 0. The van der Waals surface area contributed by atoms with Crippen molar-refractivity contribution in [2.24, 2.45) is 0 Å². The summed E-state index contributed by atoms with van der Waals surface area (Å²) in [6, 6.07) is 0. The molecule has 1 aliphatic carbocycles. The third kappa shape index (κ3) is 1.84. The Bertz CT molecular complexity index is 437. The van der Waals surface area contributed by atoms with E-state index in [2.05, 4.69) is 14.9 Å². The van der Waals surface area contributed by atoms with E-state index in [1.165, 1.54) is 7.11 Å². The molecule has 0 aliphatic heterocycles. The van der Waals surface area contributed by atoms with Crippen LogP contribution in [0.5, 0.6) is 0 Å². The van der Waals surface area contributed by atoms with E-state index < -0.39 is 17.5 Å². The molecule has 94 valence electrons. The topological polar surface area (TPSA) is 75.2 Å². The van der Waals surface area contributed by atoms with Crippen LogP contribution in [0.25, 0.3) is 0 Å². The van der Waals surface area contributed by atoms with Crippen molar-refractivity contribution in [1.29, 1.82) is 0 Å². The van der Waals surface area contributed by atoms with Crippen LogP contribution >= 0.6 is 0 Å². The lowest BCUT2D eigenvalue weighted by molar-refractivity contribution is -0.154. The quantitative estimate of drug-likeness (QED) is 0.760. The molecule has 0 bridgehead atoms. The molecule has 17 heavy (non-hydrogen) atoms. The predicted octanol–water partition coefficient (Wildman–Crippen LogP) is 0.710. The van der Waals surface area contributed by atoms with Crippen LogP contribution < -0.4 is 0 Å². The van der Waals surface area contributed by atoms with Crippen molar-refractivity contribution < 1.29 is 14.6 Å². The van der Waals surface area contributed by atoms with Gasteiger partial charge in [0.25, 0.3) is 0 Å². The van der Waals surface area contributed by atoms with Crippen LogP contribution in [-0.4, -0.2) is 34.5 Å². The van der Waals surface area contributed by atoms with Crippen LogP contribution in [0, 0.1) is 0 Å². The SMILES string of the molecule is COC(=O)C(O)C(C)(C)c1n[nH]c2c1CCC2. The Kier molecular flexibility index (Phi) is 2.95. The third-order valence-corrected chi connectivity index (χ3v) is 3.52. The number of aliphatic hydroxyl groups excluding tert-OH is 1. The number of esters is 1. The van der Waals surface area contributed by atoms with Gasteiger partial charge in [-0.15, -0.1) is 0 Å². The molecule has 2 rings (SSSR count). The molecule has 2 N–H and O–H groups in total.